The number of fused-ring (bicyclic) bond motifs is 2. The number of benzene rings is 3. The number of nitrogens with two attached hydrogens (primary N) is 1. The van der Waals surface area contributed by atoms with Gasteiger partial charge in [-0.15, -0.1) is 0 Å². The fraction of sp³-hybridized carbons (Fsp3) is 0.300. The number of halogens is 6. The zero-order valence-electron chi connectivity index (χ0n) is 24.9. The van der Waals surface area contributed by atoms with Crippen LogP contribution in [0, 0.1) is 11.6 Å². The van der Waals surface area contributed by atoms with Crippen molar-refractivity contribution < 1.29 is 30.4 Å². The van der Waals surface area contributed by atoms with E-state index in [1.807, 2.05) is 20.8 Å². The molecule has 1 unspecified atom stereocenters. The Balaban J connectivity index is 1.87. The molecule has 0 aliphatic carbocycles. The lowest BCUT2D eigenvalue weighted by Crippen LogP contribution is -2.30. The van der Waals surface area contributed by atoms with Gasteiger partial charge in [-0.3, -0.25) is 18.8 Å². The summed E-state index contributed by atoms with van der Waals surface area (Å²) in [6.07, 6.45) is -4.25. The minimum atomic E-state index is -4.82. The second kappa shape index (κ2) is 11.6. The number of nitrogens with one attached hydrogen (secondary N) is 1. The van der Waals surface area contributed by atoms with Crippen LogP contribution in [-0.4, -0.2) is 40.2 Å². The van der Waals surface area contributed by atoms with Crippen LogP contribution in [-0.2, 0) is 28.4 Å². The highest BCUT2D eigenvalue weighted by atomic mass is 35.5. The second-order valence-electron chi connectivity index (χ2n) is 12.0. The zero-order valence-corrected chi connectivity index (χ0v) is 26.4. The second-order valence-corrected chi connectivity index (χ2v) is 14.1. The Labute approximate surface area is 264 Å². The Hall–Kier alpha value is -4.08. The highest BCUT2D eigenvalue weighted by Crippen LogP contribution is 2.37. The largest absolute Gasteiger partial charge is 0.408 e. The summed E-state index contributed by atoms with van der Waals surface area (Å²) in [7, 11) is -4.04. The zero-order chi connectivity index (χ0) is 33.9. The molecule has 0 aliphatic heterocycles. The summed E-state index contributed by atoms with van der Waals surface area (Å²) in [5, 5.41) is 3.60. The summed E-state index contributed by atoms with van der Waals surface area (Å²) in [6.45, 7) is 4.19. The van der Waals surface area contributed by atoms with E-state index in [2.05, 4.69) is 14.8 Å². The normalized spacial score (nSPS) is 13.5. The van der Waals surface area contributed by atoms with Gasteiger partial charge in [-0.25, -0.2) is 22.2 Å². The van der Waals surface area contributed by atoms with Crippen LogP contribution in [0.1, 0.15) is 43.8 Å². The maximum Gasteiger partial charge on any atom is 0.408 e. The third kappa shape index (κ3) is 6.86. The van der Waals surface area contributed by atoms with Gasteiger partial charge < -0.3 is 5.73 Å². The highest BCUT2D eigenvalue weighted by molar-refractivity contribution is 7.92. The monoisotopic (exact) mass is 682 g/mol. The molecular formula is C30H28ClF5N6O3S. The molecule has 0 saturated heterocycles. The minimum Gasteiger partial charge on any atom is -0.321 e. The van der Waals surface area contributed by atoms with Crippen LogP contribution < -0.4 is 16.0 Å². The van der Waals surface area contributed by atoms with E-state index in [1.165, 1.54) is 18.2 Å². The first-order valence-corrected chi connectivity index (χ1v) is 16.0. The average Bonchev–Trinajstić information content (AvgIpc) is 3.23. The molecule has 0 radical (unpaired) electrons. The van der Waals surface area contributed by atoms with Gasteiger partial charge >= 0.3 is 6.18 Å². The molecule has 0 bridgehead atoms. The van der Waals surface area contributed by atoms with Gasteiger partial charge in [-0.05, 0) is 59.4 Å². The van der Waals surface area contributed by atoms with Crippen LogP contribution in [0.2, 0.25) is 5.02 Å². The van der Waals surface area contributed by atoms with E-state index in [4.69, 9.17) is 17.3 Å². The first-order chi connectivity index (χ1) is 21.2. The van der Waals surface area contributed by atoms with Crippen molar-refractivity contribution in [2.75, 3.05) is 11.0 Å². The van der Waals surface area contributed by atoms with Gasteiger partial charge in [0.15, 0.2) is 5.82 Å². The molecule has 5 aromatic rings. The smallest absolute Gasteiger partial charge is 0.321 e. The molecule has 1 atom stereocenters. The van der Waals surface area contributed by atoms with E-state index in [1.54, 1.807) is 12.1 Å². The van der Waals surface area contributed by atoms with Crippen LogP contribution in [0.5, 0.6) is 0 Å². The summed E-state index contributed by atoms with van der Waals surface area (Å²) in [4.78, 5) is 19.0. The van der Waals surface area contributed by atoms with E-state index in [9.17, 15) is 35.2 Å². The molecule has 46 heavy (non-hydrogen) atoms. The molecule has 0 spiro atoms. The van der Waals surface area contributed by atoms with E-state index in [0.29, 0.717) is 10.7 Å². The summed E-state index contributed by atoms with van der Waals surface area (Å²) >= 11 is 6.40. The summed E-state index contributed by atoms with van der Waals surface area (Å²) in [5.74, 6) is -2.36. The molecule has 0 amide bonds. The van der Waals surface area contributed by atoms with Gasteiger partial charge in [0.2, 0.25) is 10.0 Å². The molecule has 244 valence electrons. The summed E-state index contributed by atoms with van der Waals surface area (Å²) < 4.78 is 97.3. The fourth-order valence-corrected chi connectivity index (χ4v) is 5.94. The van der Waals surface area contributed by atoms with Gasteiger partial charge in [0.25, 0.3) is 5.56 Å². The van der Waals surface area contributed by atoms with Crippen molar-refractivity contribution >= 4 is 49.2 Å². The van der Waals surface area contributed by atoms with Gasteiger partial charge in [0.1, 0.15) is 24.0 Å². The van der Waals surface area contributed by atoms with Crippen LogP contribution in [0.4, 0.5) is 27.8 Å². The van der Waals surface area contributed by atoms with Crippen LogP contribution in [0.15, 0.2) is 53.3 Å². The molecule has 3 N–H and O–H groups in total. The molecule has 16 heteroatoms. The van der Waals surface area contributed by atoms with Gasteiger partial charge in [-0.2, -0.15) is 18.3 Å². The van der Waals surface area contributed by atoms with Crippen molar-refractivity contribution in [1.82, 2.24) is 19.3 Å². The van der Waals surface area contributed by atoms with Crippen LogP contribution >= 0.6 is 11.6 Å². The standard InChI is InChI=1S/C30H28ClF5N6O3S/c1-29(2,3)16-5-6-19-22(12-16)38-27(21(37)11-15-9-17(32)13-18(33)10-15)42(28(19)43)23-8-7-20(31)24-25(23)41(14-30(34,35)36)39-26(24)40-46(4,44)45/h5-10,12-13,21H,11,14,37H2,1-4H3,(H,39,40). The third-order valence-corrected chi connectivity index (χ3v) is 8.02. The molecule has 0 fully saturated rings. The van der Waals surface area contributed by atoms with Gasteiger partial charge in [0.05, 0.1) is 44.8 Å². The number of nitrogens with zero attached hydrogens (tertiary/aromatic N) is 4. The van der Waals surface area contributed by atoms with Crippen molar-refractivity contribution in [1.29, 1.82) is 0 Å². The quantitative estimate of drug-likeness (QED) is 0.199. The average molecular weight is 683 g/mol. The molecule has 0 saturated carbocycles. The van der Waals surface area contributed by atoms with E-state index in [-0.39, 0.29) is 55.7 Å². The lowest BCUT2D eigenvalue weighted by Gasteiger charge is -2.22. The number of hydrogen-bond acceptors (Lipinski definition) is 6. The number of sulfonamides is 1. The summed E-state index contributed by atoms with van der Waals surface area (Å²) in [6, 6.07) is 9.08. The Morgan fingerprint density at radius 2 is 1.67 bits per heavy atom. The van der Waals surface area contributed by atoms with E-state index < -0.39 is 51.8 Å². The van der Waals surface area contributed by atoms with Crippen molar-refractivity contribution in [3.8, 4) is 5.69 Å². The SMILES string of the molecule is CC(C)(C)c1ccc2c(=O)n(-c3ccc(Cl)c4c(NS(C)(=O)=O)nn(CC(F)(F)F)c34)c(C(N)Cc3cc(F)cc(F)c3)nc2c1. The van der Waals surface area contributed by atoms with Gasteiger partial charge in [0, 0.05) is 6.07 Å². The summed E-state index contributed by atoms with van der Waals surface area (Å²) in [5.41, 5.74) is 6.17. The number of aromatic nitrogens is 4. The lowest BCUT2D eigenvalue weighted by atomic mass is 9.86. The Bertz CT molecular complexity index is 2150. The molecule has 2 heterocycles. The Morgan fingerprint density at radius 3 is 2.26 bits per heavy atom. The first kappa shape index (κ1) is 33.3. The Kier molecular flexibility index (Phi) is 8.41. The van der Waals surface area contributed by atoms with E-state index >= 15 is 0 Å². The predicted molar refractivity (Wildman–Crippen MR) is 166 cm³/mol. The van der Waals surface area contributed by atoms with Crippen molar-refractivity contribution in [2.24, 2.45) is 5.73 Å². The van der Waals surface area contributed by atoms with Gasteiger partial charge in [-0.1, -0.05) is 38.4 Å². The molecule has 9 nitrogen and oxygen atoms in total. The van der Waals surface area contributed by atoms with Crippen molar-refractivity contribution in [3.05, 3.63) is 92.5 Å². The molecule has 5 rings (SSSR count). The number of alkyl halides is 3. The third-order valence-electron chi connectivity index (χ3n) is 7.14. The topological polar surface area (TPSA) is 125 Å². The van der Waals surface area contributed by atoms with Crippen molar-refractivity contribution in [2.45, 2.75) is 51.4 Å². The molecular weight excluding hydrogens is 655 g/mol. The first-order valence-electron chi connectivity index (χ1n) is 13.7. The molecule has 0 aliphatic rings. The van der Waals surface area contributed by atoms with Crippen molar-refractivity contribution in [3.63, 3.8) is 0 Å². The maximum atomic E-state index is 14.3. The number of anilines is 1. The lowest BCUT2D eigenvalue weighted by molar-refractivity contribution is -0.141. The van der Waals surface area contributed by atoms with Crippen LogP contribution in [0.3, 0.4) is 0 Å². The minimum absolute atomic E-state index is 0.0974. The predicted octanol–water partition coefficient (Wildman–Crippen LogP) is 6.14. The fourth-order valence-electron chi connectivity index (χ4n) is 5.20. The van der Waals surface area contributed by atoms with Crippen LogP contribution in [0.25, 0.3) is 27.5 Å². The molecule has 2 aromatic heterocycles. The van der Waals surface area contributed by atoms with E-state index in [0.717, 1.165) is 28.5 Å². The maximum absolute atomic E-state index is 14.3. The number of hydrogen-bond donors (Lipinski definition) is 2. The highest BCUT2D eigenvalue weighted by Gasteiger charge is 2.33. The Morgan fingerprint density at radius 1 is 1.02 bits per heavy atom. The number of rotatable bonds is 7. The molecule has 3 aromatic carbocycles.